The van der Waals surface area contributed by atoms with Crippen LogP contribution in [0.1, 0.15) is 45.4 Å². The maximum atomic E-state index is 7.86. The summed E-state index contributed by atoms with van der Waals surface area (Å²) in [7, 11) is 0. The molecule has 0 aromatic rings. The van der Waals surface area contributed by atoms with Crippen molar-refractivity contribution < 1.29 is 0 Å². The monoisotopic (exact) mass is 169 g/mol. The highest BCUT2D eigenvalue weighted by molar-refractivity contribution is 4.73. The van der Waals surface area contributed by atoms with Gasteiger partial charge in [-0.3, -0.25) is 0 Å². The van der Waals surface area contributed by atoms with Crippen LogP contribution in [0.4, 0.5) is 0 Å². The minimum atomic E-state index is 0.00486. The number of hydrogen-bond acceptors (Lipinski definition) is 1. The summed E-state index contributed by atoms with van der Waals surface area (Å²) in [5.41, 5.74) is 7.86. The van der Waals surface area contributed by atoms with Crippen molar-refractivity contribution in [3.8, 4) is 0 Å². The summed E-state index contributed by atoms with van der Waals surface area (Å²) < 4.78 is 0. The third-order valence-electron chi connectivity index (χ3n) is 2.74. The van der Waals surface area contributed by atoms with Crippen LogP contribution in [0.2, 0.25) is 0 Å². The summed E-state index contributed by atoms with van der Waals surface area (Å²) in [6.07, 6.45) is 7.75. The van der Waals surface area contributed by atoms with E-state index in [1.165, 1.54) is 32.1 Å². The normalized spacial score (nSPS) is 22.5. The van der Waals surface area contributed by atoms with Crippen LogP contribution in [-0.2, 0) is 0 Å². The fourth-order valence-corrected chi connectivity index (χ4v) is 1.93. The van der Waals surface area contributed by atoms with E-state index in [9.17, 15) is 0 Å². The summed E-state index contributed by atoms with van der Waals surface area (Å²) in [5, 5.41) is 3.27. The molecule has 0 amide bonds. The van der Waals surface area contributed by atoms with Gasteiger partial charge in [-0.05, 0) is 31.7 Å². The molecule has 1 saturated carbocycles. The maximum Gasteiger partial charge on any atom is 0.0733 e. The topological polar surface area (TPSA) is 35.8 Å². The second-order valence-electron chi connectivity index (χ2n) is 3.83. The predicted octanol–water partition coefficient (Wildman–Crippen LogP) is 2.18. The molecule has 1 unspecified atom stereocenters. The Balaban J connectivity index is 2.15. The average molecular weight is 169 g/mol. The lowest BCUT2D eigenvalue weighted by atomic mass is 9.87. The number of nitrogens with one attached hydrogen (secondary N) is 2. The van der Waals surface area contributed by atoms with Gasteiger partial charge < -0.3 is 5.32 Å². The molecule has 0 heterocycles. The van der Waals surface area contributed by atoms with E-state index in [1.54, 1.807) is 0 Å². The lowest BCUT2D eigenvalue weighted by Crippen LogP contribution is -2.38. The molecule has 1 aliphatic rings. The molecule has 0 aliphatic heterocycles. The average Bonchev–Trinajstić information content (AvgIpc) is 2.15. The van der Waals surface area contributed by atoms with Gasteiger partial charge >= 0.3 is 0 Å². The molecule has 12 heavy (non-hydrogen) atoms. The third-order valence-corrected chi connectivity index (χ3v) is 2.74. The zero-order valence-electron chi connectivity index (χ0n) is 8.10. The summed E-state index contributed by atoms with van der Waals surface area (Å²) in [5.74, 6) is 0.630. The highest BCUT2D eigenvalue weighted by Crippen LogP contribution is 2.25. The van der Waals surface area contributed by atoms with Crippen LogP contribution in [0.25, 0.3) is 0 Å². The highest BCUT2D eigenvalue weighted by atomic mass is 15.0. The van der Waals surface area contributed by atoms with Gasteiger partial charge in [-0.2, -0.15) is 0 Å². The third kappa shape index (κ3) is 3.11. The van der Waals surface area contributed by atoms with Crippen molar-refractivity contribution in [3.05, 3.63) is 0 Å². The summed E-state index contributed by atoms with van der Waals surface area (Å²) in [6, 6.07) is 0. The Bertz CT molecular complexity index is 108. The predicted molar refractivity (Wildman–Crippen MR) is 51.8 cm³/mol. The molecule has 0 spiro atoms. The quantitative estimate of drug-likeness (QED) is 0.688. The first-order chi connectivity index (χ1) is 5.84. The van der Waals surface area contributed by atoms with Crippen LogP contribution >= 0.6 is 0 Å². The van der Waals surface area contributed by atoms with Crippen LogP contribution in [0.15, 0.2) is 0 Å². The molecule has 1 fully saturated rings. The number of hydrogen-bond donors (Lipinski definition) is 1. The molecule has 2 N–H and O–H groups in total. The molecule has 1 atom stereocenters. The molecule has 1 rings (SSSR count). The van der Waals surface area contributed by atoms with Crippen LogP contribution in [0, 0.1) is 5.92 Å². The fourth-order valence-electron chi connectivity index (χ4n) is 1.93. The molecular formula is C10H21N2. The highest BCUT2D eigenvalue weighted by Gasteiger charge is 2.19. The molecule has 1 radical (unpaired) electrons. The second-order valence-corrected chi connectivity index (χ2v) is 3.83. The first-order valence-corrected chi connectivity index (χ1v) is 5.29. The summed E-state index contributed by atoms with van der Waals surface area (Å²) >= 11 is 0. The molecule has 0 aromatic carbocycles. The first kappa shape index (κ1) is 10.0. The van der Waals surface area contributed by atoms with Crippen molar-refractivity contribution in [2.75, 3.05) is 6.54 Å². The van der Waals surface area contributed by atoms with Gasteiger partial charge in [-0.15, -0.1) is 0 Å². The summed E-state index contributed by atoms with van der Waals surface area (Å²) in [4.78, 5) is 0. The van der Waals surface area contributed by atoms with E-state index >= 15 is 0 Å². The van der Waals surface area contributed by atoms with Gasteiger partial charge in [0.15, 0.2) is 0 Å². The Kier molecular flexibility index (Phi) is 4.62. The molecule has 0 saturated heterocycles. The van der Waals surface area contributed by atoms with E-state index in [0.29, 0.717) is 5.92 Å². The lowest BCUT2D eigenvalue weighted by molar-refractivity contribution is 0.267. The van der Waals surface area contributed by atoms with Crippen molar-refractivity contribution in [2.24, 2.45) is 5.92 Å². The van der Waals surface area contributed by atoms with Gasteiger partial charge in [-0.1, -0.05) is 26.2 Å². The van der Waals surface area contributed by atoms with Gasteiger partial charge in [0.05, 0.1) is 6.17 Å². The SMILES string of the molecule is CCCNC([NH])C1CCCCC1. The summed E-state index contributed by atoms with van der Waals surface area (Å²) in [6.45, 7) is 3.16. The van der Waals surface area contributed by atoms with Crippen molar-refractivity contribution in [1.29, 1.82) is 0 Å². The molecule has 2 nitrogen and oxygen atoms in total. The van der Waals surface area contributed by atoms with Crippen LogP contribution < -0.4 is 11.1 Å². The van der Waals surface area contributed by atoms with E-state index in [0.717, 1.165) is 13.0 Å². The van der Waals surface area contributed by atoms with Crippen LogP contribution in [-0.4, -0.2) is 12.7 Å². The standard InChI is InChI=1S/C10H21N2/c1-2-8-12-10(11)9-6-4-3-5-7-9/h9-12H,2-8H2,1H3. The first-order valence-electron chi connectivity index (χ1n) is 5.29. The molecule has 1 aliphatic carbocycles. The Labute approximate surface area is 75.9 Å². The lowest BCUT2D eigenvalue weighted by Gasteiger charge is -2.27. The zero-order chi connectivity index (χ0) is 8.81. The van der Waals surface area contributed by atoms with Gasteiger partial charge in [0, 0.05) is 0 Å². The van der Waals surface area contributed by atoms with E-state index in [2.05, 4.69) is 12.2 Å². The molecular weight excluding hydrogens is 148 g/mol. The van der Waals surface area contributed by atoms with E-state index in [1.807, 2.05) is 0 Å². The maximum absolute atomic E-state index is 7.86. The Morgan fingerprint density at radius 3 is 2.58 bits per heavy atom. The van der Waals surface area contributed by atoms with Gasteiger partial charge in [0.25, 0.3) is 0 Å². The van der Waals surface area contributed by atoms with E-state index in [-0.39, 0.29) is 6.17 Å². The zero-order valence-corrected chi connectivity index (χ0v) is 8.10. The van der Waals surface area contributed by atoms with E-state index < -0.39 is 0 Å². The van der Waals surface area contributed by atoms with Crippen molar-refractivity contribution in [3.63, 3.8) is 0 Å². The largest absolute Gasteiger partial charge is 0.301 e. The van der Waals surface area contributed by atoms with Crippen LogP contribution in [0.3, 0.4) is 0 Å². The molecule has 71 valence electrons. The molecule has 0 aromatic heterocycles. The molecule has 2 heteroatoms. The number of rotatable bonds is 4. The molecule has 0 bridgehead atoms. The Morgan fingerprint density at radius 2 is 2.00 bits per heavy atom. The van der Waals surface area contributed by atoms with Crippen molar-refractivity contribution in [2.45, 2.75) is 51.6 Å². The van der Waals surface area contributed by atoms with E-state index in [4.69, 9.17) is 5.73 Å². The minimum absolute atomic E-state index is 0.00486. The Morgan fingerprint density at radius 1 is 1.33 bits per heavy atom. The van der Waals surface area contributed by atoms with Crippen LogP contribution in [0.5, 0.6) is 0 Å². The van der Waals surface area contributed by atoms with Gasteiger partial charge in [0.2, 0.25) is 0 Å². The smallest absolute Gasteiger partial charge is 0.0733 e. The van der Waals surface area contributed by atoms with Crippen molar-refractivity contribution in [1.82, 2.24) is 11.1 Å². The fraction of sp³-hybridized carbons (Fsp3) is 1.00. The Hall–Kier alpha value is -0.0800. The minimum Gasteiger partial charge on any atom is -0.301 e. The second kappa shape index (κ2) is 5.55. The van der Waals surface area contributed by atoms with Crippen molar-refractivity contribution >= 4 is 0 Å². The van der Waals surface area contributed by atoms with Gasteiger partial charge in [-0.25, -0.2) is 5.73 Å². The van der Waals surface area contributed by atoms with Gasteiger partial charge in [0.1, 0.15) is 0 Å².